The van der Waals surface area contributed by atoms with Crippen LogP contribution >= 0.6 is 23.2 Å². The van der Waals surface area contributed by atoms with Crippen molar-refractivity contribution >= 4 is 45.6 Å². The zero-order valence-corrected chi connectivity index (χ0v) is 11.8. The standard InChI is InChI=1S/C15H10Cl2N2O/c16-8-1-3-10-12(7-19-14(10)5-8)15(20)11-4-2-9(18)6-13(11)17/h1-7,19H,18H2. The van der Waals surface area contributed by atoms with Crippen molar-refractivity contribution in [3.8, 4) is 0 Å². The highest BCUT2D eigenvalue weighted by Crippen LogP contribution is 2.27. The Balaban J connectivity index is 2.13. The lowest BCUT2D eigenvalue weighted by Gasteiger charge is -2.04. The zero-order valence-electron chi connectivity index (χ0n) is 10.3. The molecule has 1 aromatic heterocycles. The van der Waals surface area contributed by atoms with Crippen LogP contribution in [0.3, 0.4) is 0 Å². The van der Waals surface area contributed by atoms with E-state index < -0.39 is 0 Å². The lowest BCUT2D eigenvalue weighted by molar-refractivity contribution is 0.104. The predicted octanol–water partition coefficient (Wildman–Crippen LogP) is 4.29. The number of aromatic amines is 1. The van der Waals surface area contributed by atoms with Gasteiger partial charge in [0, 0.05) is 38.9 Å². The highest BCUT2D eigenvalue weighted by Gasteiger charge is 2.17. The van der Waals surface area contributed by atoms with Crippen molar-refractivity contribution in [3.63, 3.8) is 0 Å². The summed E-state index contributed by atoms with van der Waals surface area (Å²) in [6.45, 7) is 0. The van der Waals surface area contributed by atoms with Crippen LogP contribution in [0.25, 0.3) is 10.9 Å². The lowest BCUT2D eigenvalue weighted by Crippen LogP contribution is -2.02. The molecule has 0 unspecified atom stereocenters. The highest BCUT2D eigenvalue weighted by atomic mass is 35.5. The number of fused-ring (bicyclic) bond motifs is 1. The third-order valence-corrected chi connectivity index (χ3v) is 3.67. The number of carbonyl (C=O) groups excluding carboxylic acids is 1. The number of nitrogens with two attached hydrogens (primary N) is 1. The van der Waals surface area contributed by atoms with Crippen LogP contribution in [-0.4, -0.2) is 10.8 Å². The van der Waals surface area contributed by atoms with Crippen LogP contribution in [0.2, 0.25) is 10.0 Å². The molecular weight excluding hydrogens is 295 g/mol. The normalized spacial score (nSPS) is 10.9. The molecule has 0 amide bonds. The van der Waals surface area contributed by atoms with Crippen LogP contribution in [-0.2, 0) is 0 Å². The second-order valence-corrected chi connectivity index (χ2v) is 5.30. The van der Waals surface area contributed by atoms with Crippen molar-refractivity contribution in [2.75, 3.05) is 5.73 Å². The topological polar surface area (TPSA) is 58.9 Å². The van der Waals surface area contributed by atoms with Crippen LogP contribution in [0, 0.1) is 0 Å². The smallest absolute Gasteiger partial charge is 0.196 e. The lowest BCUT2D eigenvalue weighted by atomic mass is 10.0. The van der Waals surface area contributed by atoms with Gasteiger partial charge in [-0.15, -0.1) is 0 Å². The molecule has 1 heterocycles. The number of hydrogen-bond donors (Lipinski definition) is 2. The molecule has 0 saturated heterocycles. The van der Waals surface area contributed by atoms with Gasteiger partial charge in [-0.3, -0.25) is 4.79 Å². The van der Waals surface area contributed by atoms with Gasteiger partial charge in [-0.25, -0.2) is 0 Å². The van der Waals surface area contributed by atoms with Crippen LogP contribution in [0.1, 0.15) is 15.9 Å². The molecule has 0 radical (unpaired) electrons. The molecule has 3 N–H and O–H groups in total. The van der Waals surface area contributed by atoms with Crippen LogP contribution < -0.4 is 5.73 Å². The monoisotopic (exact) mass is 304 g/mol. The first-order chi connectivity index (χ1) is 9.56. The molecule has 2 aromatic carbocycles. The Morgan fingerprint density at radius 2 is 1.85 bits per heavy atom. The summed E-state index contributed by atoms with van der Waals surface area (Å²) in [4.78, 5) is 15.6. The van der Waals surface area contributed by atoms with Crippen molar-refractivity contribution in [2.45, 2.75) is 0 Å². The molecule has 20 heavy (non-hydrogen) atoms. The third-order valence-electron chi connectivity index (χ3n) is 3.13. The summed E-state index contributed by atoms with van der Waals surface area (Å²) >= 11 is 12.0. The fourth-order valence-corrected chi connectivity index (χ4v) is 2.59. The maximum atomic E-state index is 12.6. The second-order valence-electron chi connectivity index (χ2n) is 4.46. The van der Waals surface area contributed by atoms with Gasteiger partial charge in [0.05, 0.1) is 5.02 Å². The van der Waals surface area contributed by atoms with Crippen molar-refractivity contribution in [1.29, 1.82) is 0 Å². The number of rotatable bonds is 2. The SMILES string of the molecule is Nc1ccc(C(=O)c2c[nH]c3cc(Cl)ccc23)c(Cl)c1. The van der Waals surface area contributed by atoms with E-state index in [9.17, 15) is 4.79 Å². The van der Waals surface area contributed by atoms with Crippen molar-refractivity contribution in [1.82, 2.24) is 4.98 Å². The first-order valence-corrected chi connectivity index (χ1v) is 6.68. The Morgan fingerprint density at radius 1 is 1.05 bits per heavy atom. The summed E-state index contributed by atoms with van der Waals surface area (Å²) in [6, 6.07) is 10.2. The van der Waals surface area contributed by atoms with Gasteiger partial charge in [-0.1, -0.05) is 29.3 Å². The van der Waals surface area contributed by atoms with Gasteiger partial charge in [-0.2, -0.15) is 0 Å². The second kappa shape index (κ2) is 4.85. The average Bonchev–Trinajstić information content (AvgIpc) is 2.80. The van der Waals surface area contributed by atoms with E-state index in [4.69, 9.17) is 28.9 Å². The molecule has 0 bridgehead atoms. The number of ketones is 1. The van der Waals surface area contributed by atoms with E-state index in [1.54, 1.807) is 36.5 Å². The van der Waals surface area contributed by atoms with E-state index in [1.807, 2.05) is 6.07 Å². The van der Waals surface area contributed by atoms with Gasteiger partial charge in [0.15, 0.2) is 5.78 Å². The van der Waals surface area contributed by atoms with Crippen molar-refractivity contribution < 1.29 is 4.79 Å². The number of H-pyrrole nitrogens is 1. The van der Waals surface area contributed by atoms with E-state index in [-0.39, 0.29) is 5.78 Å². The highest BCUT2D eigenvalue weighted by molar-refractivity contribution is 6.36. The van der Waals surface area contributed by atoms with Crippen molar-refractivity contribution in [2.24, 2.45) is 0 Å². The first kappa shape index (κ1) is 13.0. The number of anilines is 1. The predicted molar refractivity (Wildman–Crippen MR) is 82.6 cm³/mol. The van der Waals surface area contributed by atoms with Gasteiger partial charge in [0.2, 0.25) is 0 Å². The van der Waals surface area contributed by atoms with Crippen LogP contribution in [0.5, 0.6) is 0 Å². The zero-order chi connectivity index (χ0) is 14.3. The van der Waals surface area contributed by atoms with Gasteiger partial charge < -0.3 is 10.7 Å². The molecule has 0 aliphatic carbocycles. The first-order valence-electron chi connectivity index (χ1n) is 5.92. The number of halogens is 2. The van der Waals surface area contributed by atoms with Gasteiger partial charge in [-0.05, 0) is 30.3 Å². The molecule has 0 aliphatic heterocycles. The van der Waals surface area contributed by atoms with Gasteiger partial charge >= 0.3 is 0 Å². The minimum atomic E-state index is -0.149. The van der Waals surface area contributed by atoms with E-state index >= 15 is 0 Å². The summed E-state index contributed by atoms with van der Waals surface area (Å²) < 4.78 is 0. The molecule has 100 valence electrons. The van der Waals surface area contributed by atoms with Gasteiger partial charge in [0.1, 0.15) is 0 Å². The molecule has 0 fully saturated rings. The fourth-order valence-electron chi connectivity index (χ4n) is 2.15. The quantitative estimate of drug-likeness (QED) is 0.548. The molecule has 3 nitrogen and oxygen atoms in total. The van der Waals surface area contributed by atoms with E-state index in [0.29, 0.717) is 26.9 Å². The summed E-state index contributed by atoms with van der Waals surface area (Å²) in [5.41, 5.74) is 7.96. The number of hydrogen-bond acceptors (Lipinski definition) is 2. The molecule has 5 heteroatoms. The molecule has 0 atom stereocenters. The number of nitrogens with one attached hydrogen (secondary N) is 1. The molecule has 3 aromatic rings. The molecule has 0 saturated carbocycles. The van der Waals surface area contributed by atoms with Crippen molar-refractivity contribution in [3.05, 3.63) is 63.8 Å². The fraction of sp³-hybridized carbons (Fsp3) is 0. The van der Waals surface area contributed by atoms with Gasteiger partial charge in [0.25, 0.3) is 0 Å². The third kappa shape index (κ3) is 2.15. The Morgan fingerprint density at radius 3 is 2.60 bits per heavy atom. The largest absolute Gasteiger partial charge is 0.399 e. The Labute approximate surface area is 125 Å². The maximum Gasteiger partial charge on any atom is 0.196 e. The summed E-state index contributed by atoms with van der Waals surface area (Å²) in [5, 5.41) is 1.77. The Bertz CT molecular complexity index is 824. The van der Waals surface area contributed by atoms with Crippen LogP contribution in [0.4, 0.5) is 5.69 Å². The minimum Gasteiger partial charge on any atom is -0.399 e. The molecule has 0 aliphatic rings. The average molecular weight is 305 g/mol. The Kier molecular flexibility index (Phi) is 3.16. The molecule has 3 rings (SSSR count). The van der Waals surface area contributed by atoms with E-state index in [2.05, 4.69) is 4.98 Å². The summed E-state index contributed by atoms with van der Waals surface area (Å²) in [5.74, 6) is -0.149. The molecular formula is C15H10Cl2N2O. The van der Waals surface area contributed by atoms with E-state index in [1.165, 1.54) is 0 Å². The number of nitrogen functional groups attached to an aromatic ring is 1. The Hall–Kier alpha value is -1.97. The summed E-state index contributed by atoms with van der Waals surface area (Å²) in [6.07, 6.45) is 1.66. The number of carbonyl (C=O) groups is 1. The van der Waals surface area contributed by atoms with Crippen LogP contribution in [0.15, 0.2) is 42.6 Å². The van der Waals surface area contributed by atoms with E-state index in [0.717, 1.165) is 10.9 Å². The number of aromatic nitrogens is 1. The summed E-state index contributed by atoms with van der Waals surface area (Å²) in [7, 11) is 0. The maximum absolute atomic E-state index is 12.6. The molecule has 0 spiro atoms. The minimum absolute atomic E-state index is 0.149. The number of benzene rings is 2.